The summed E-state index contributed by atoms with van der Waals surface area (Å²) in [5.74, 6) is -1.05. The molecule has 0 radical (unpaired) electrons. The number of benzene rings is 2. The van der Waals surface area contributed by atoms with Gasteiger partial charge in [0.1, 0.15) is 0 Å². The third kappa shape index (κ3) is 6.78. The molecule has 0 atom stereocenters. The van der Waals surface area contributed by atoms with Gasteiger partial charge in [0, 0.05) is 35.5 Å². The molecule has 3 aromatic rings. The molecular formula is C24H23N3O4. The van der Waals surface area contributed by atoms with E-state index in [-0.39, 0.29) is 18.3 Å². The Kier molecular flexibility index (Phi) is 7.48. The molecular weight excluding hydrogens is 394 g/mol. The van der Waals surface area contributed by atoms with Crippen LogP contribution in [0.4, 0.5) is 5.69 Å². The molecule has 158 valence electrons. The van der Waals surface area contributed by atoms with Crippen LogP contribution in [-0.4, -0.2) is 34.0 Å². The van der Waals surface area contributed by atoms with Crippen molar-refractivity contribution >= 4 is 29.4 Å². The van der Waals surface area contributed by atoms with E-state index >= 15 is 0 Å². The van der Waals surface area contributed by atoms with E-state index in [0.29, 0.717) is 24.2 Å². The molecule has 0 saturated heterocycles. The molecule has 0 aliphatic heterocycles. The number of amides is 1. The van der Waals surface area contributed by atoms with Crippen LogP contribution in [0.3, 0.4) is 0 Å². The standard InChI is InChI=1S/C24H23N3O4/c1-2-23(29)26-21-11-9-20(10-12-21)22(28)17-31-24(30)13-8-19-14-25-27(16-19)15-18-6-4-3-5-7-18/h3-14,16H,2,15,17H2,1H3,(H,26,29)/b13-8+. The lowest BCUT2D eigenvalue weighted by atomic mass is 10.1. The first kappa shape index (κ1) is 21.7. The largest absolute Gasteiger partial charge is 0.454 e. The number of ether oxygens (including phenoxy) is 1. The molecule has 0 aliphatic rings. The van der Waals surface area contributed by atoms with Crippen LogP contribution in [0.5, 0.6) is 0 Å². The van der Waals surface area contributed by atoms with E-state index in [9.17, 15) is 14.4 Å². The van der Waals surface area contributed by atoms with Gasteiger partial charge in [0.05, 0.1) is 12.7 Å². The highest BCUT2D eigenvalue weighted by molar-refractivity contribution is 5.99. The number of anilines is 1. The Bertz CT molecular complexity index is 1070. The average Bonchev–Trinajstić information content (AvgIpc) is 3.24. The Hall–Kier alpha value is -4.00. The van der Waals surface area contributed by atoms with Crippen LogP contribution in [0, 0.1) is 0 Å². The van der Waals surface area contributed by atoms with Gasteiger partial charge in [0.15, 0.2) is 12.4 Å². The van der Waals surface area contributed by atoms with Gasteiger partial charge in [0.25, 0.3) is 0 Å². The fourth-order valence-electron chi connectivity index (χ4n) is 2.74. The number of nitrogens with one attached hydrogen (secondary N) is 1. The van der Waals surface area contributed by atoms with E-state index in [1.165, 1.54) is 6.08 Å². The summed E-state index contributed by atoms with van der Waals surface area (Å²) in [6.07, 6.45) is 6.70. The summed E-state index contributed by atoms with van der Waals surface area (Å²) < 4.78 is 6.80. The fraction of sp³-hybridized carbons (Fsp3) is 0.167. The summed E-state index contributed by atoms with van der Waals surface area (Å²) in [4.78, 5) is 35.5. The van der Waals surface area contributed by atoms with E-state index in [1.807, 2.05) is 36.5 Å². The zero-order valence-electron chi connectivity index (χ0n) is 17.2. The molecule has 0 spiro atoms. The number of ketones is 1. The number of esters is 1. The molecule has 0 fully saturated rings. The van der Waals surface area contributed by atoms with Crippen LogP contribution in [0.1, 0.15) is 34.8 Å². The number of Topliss-reactive ketones (excluding diaryl/α,β-unsaturated/α-hetero) is 1. The SMILES string of the molecule is CCC(=O)Nc1ccc(C(=O)COC(=O)/C=C/c2cnn(Cc3ccccc3)c2)cc1. The lowest BCUT2D eigenvalue weighted by Crippen LogP contribution is -2.13. The number of aromatic nitrogens is 2. The zero-order chi connectivity index (χ0) is 22.1. The van der Waals surface area contributed by atoms with Crippen molar-refractivity contribution in [1.29, 1.82) is 0 Å². The second-order valence-corrected chi connectivity index (χ2v) is 6.80. The van der Waals surface area contributed by atoms with E-state index in [2.05, 4.69) is 10.4 Å². The highest BCUT2D eigenvalue weighted by Crippen LogP contribution is 2.11. The molecule has 7 heteroatoms. The number of hydrogen-bond acceptors (Lipinski definition) is 5. The third-order valence-corrected chi connectivity index (χ3v) is 4.41. The molecule has 0 aliphatic carbocycles. The maximum absolute atomic E-state index is 12.2. The topological polar surface area (TPSA) is 90.3 Å². The summed E-state index contributed by atoms with van der Waals surface area (Å²) >= 11 is 0. The van der Waals surface area contributed by atoms with Crippen molar-refractivity contribution < 1.29 is 19.1 Å². The van der Waals surface area contributed by atoms with E-state index in [0.717, 1.165) is 11.1 Å². The Morgan fingerprint density at radius 2 is 1.81 bits per heavy atom. The van der Waals surface area contributed by atoms with Crippen molar-refractivity contribution in [3.63, 3.8) is 0 Å². The monoisotopic (exact) mass is 417 g/mol. The molecule has 1 N–H and O–H groups in total. The number of rotatable bonds is 9. The number of carbonyl (C=O) groups is 3. The first-order chi connectivity index (χ1) is 15.0. The van der Waals surface area contributed by atoms with Crippen molar-refractivity contribution in [2.75, 3.05) is 11.9 Å². The van der Waals surface area contributed by atoms with Gasteiger partial charge < -0.3 is 10.1 Å². The number of hydrogen-bond donors (Lipinski definition) is 1. The Morgan fingerprint density at radius 1 is 1.06 bits per heavy atom. The van der Waals surface area contributed by atoms with Gasteiger partial charge >= 0.3 is 5.97 Å². The molecule has 2 aromatic carbocycles. The fourth-order valence-corrected chi connectivity index (χ4v) is 2.74. The second kappa shape index (κ2) is 10.7. The van der Waals surface area contributed by atoms with E-state index < -0.39 is 5.97 Å². The van der Waals surface area contributed by atoms with Gasteiger partial charge in [0.2, 0.25) is 5.91 Å². The molecule has 0 bridgehead atoms. The summed E-state index contributed by atoms with van der Waals surface area (Å²) in [6.45, 7) is 2.03. The van der Waals surface area contributed by atoms with Gasteiger partial charge in [-0.2, -0.15) is 5.10 Å². The molecule has 7 nitrogen and oxygen atoms in total. The first-order valence-electron chi connectivity index (χ1n) is 9.88. The minimum Gasteiger partial charge on any atom is -0.454 e. The van der Waals surface area contributed by atoms with Gasteiger partial charge in [-0.05, 0) is 35.9 Å². The van der Waals surface area contributed by atoms with Crippen LogP contribution in [0.15, 0.2) is 73.1 Å². The average molecular weight is 417 g/mol. The molecule has 3 rings (SSSR count). The van der Waals surface area contributed by atoms with E-state index in [1.54, 1.807) is 48.1 Å². The molecule has 31 heavy (non-hydrogen) atoms. The number of nitrogens with zero attached hydrogens (tertiary/aromatic N) is 2. The normalized spacial score (nSPS) is 10.7. The highest BCUT2D eigenvalue weighted by atomic mass is 16.5. The van der Waals surface area contributed by atoms with Crippen LogP contribution in [-0.2, 0) is 20.9 Å². The quantitative estimate of drug-likeness (QED) is 0.326. The molecule has 1 amide bonds. The van der Waals surface area contributed by atoms with Crippen molar-refractivity contribution in [3.05, 3.63) is 89.8 Å². The Morgan fingerprint density at radius 3 is 2.52 bits per heavy atom. The lowest BCUT2D eigenvalue weighted by molar-refractivity contribution is -0.136. The zero-order valence-corrected chi connectivity index (χ0v) is 17.2. The minimum absolute atomic E-state index is 0.106. The van der Waals surface area contributed by atoms with Gasteiger partial charge in [-0.3, -0.25) is 14.3 Å². The summed E-state index contributed by atoms with van der Waals surface area (Å²) in [6, 6.07) is 16.4. The summed E-state index contributed by atoms with van der Waals surface area (Å²) in [5.41, 5.74) is 2.88. The highest BCUT2D eigenvalue weighted by Gasteiger charge is 2.09. The smallest absolute Gasteiger partial charge is 0.331 e. The number of carbonyl (C=O) groups excluding carboxylic acids is 3. The third-order valence-electron chi connectivity index (χ3n) is 4.41. The maximum atomic E-state index is 12.2. The van der Waals surface area contributed by atoms with Gasteiger partial charge in [-0.25, -0.2) is 4.79 Å². The van der Waals surface area contributed by atoms with Crippen LogP contribution >= 0.6 is 0 Å². The first-order valence-corrected chi connectivity index (χ1v) is 9.88. The van der Waals surface area contributed by atoms with Crippen LogP contribution < -0.4 is 5.32 Å². The van der Waals surface area contributed by atoms with Gasteiger partial charge in [-0.15, -0.1) is 0 Å². The lowest BCUT2D eigenvalue weighted by Gasteiger charge is -2.05. The minimum atomic E-state index is -0.615. The molecule has 1 aromatic heterocycles. The predicted octanol–water partition coefficient (Wildman–Crippen LogP) is 3.72. The Balaban J connectivity index is 1.47. The molecule has 1 heterocycles. The molecule has 0 unspecified atom stereocenters. The Labute approximate surface area is 180 Å². The maximum Gasteiger partial charge on any atom is 0.331 e. The summed E-state index contributed by atoms with van der Waals surface area (Å²) in [7, 11) is 0. The summed E-state index contributed by atoms with van der Waals surface area (Å²) in [5, 5.41) is 6.97. The van der Waals surface area contributed by atoms with Crippen molar-refractivity contribution in [2.45, 2.75) is 19.9 Å². The molecule has 0 saturated carbocycles. The van der Waals surface area contributed by atoms with Gasteiger partial charge in [-0.1, -0.05) is 37.3 Å². The van der Waals surface area contributed by atoms with Crippen molar-refractivity contribution in [3.8, 4) is 0 Å². The van der Waals surface area contributed by atoms with E-state index in [4.69, 9.17) is 4.74 Å². The predicted molar refractivity (Wildman–Crippen MR) is 117 cm³/mol. The van der Waals surface area contributed by atoms with Crippen LogP contribution in [0.25, 0.3) is 6.08 Å². The van der Waals surface area contributed by atoms with Crippen molar-refractivity contribution in [1.82, 2.24) is 9.78 Å². The van der Waals surface area contributed by atoms with Crippen LogP contribution in [0.2, 0.25) is 0 Å². The van der Waals surface area contributed by atoms with Crippen molar-refractivity contribution in [2.24, 2.45) is 0 Å². The second-order valence-electron chi connectivity index (χ2n) is 6.80.